The number of aromatic amines is 1. The Morgan fingerprint density at radius 2 is 1.78 bits per heavy atom. The number of hydrogen-bond acceptors (Lipinski definition) is 8. The van der Waals surface area contributed by atoms with Crippen molar-refractivity contribution in [2.24, 2.45) is 0 Å². The molecule has 2 aromatic carbocycles. The van der Waals surface area contributed by atoms with E-state index >= 15 is 0 Å². The van der Waals surface area contributed by atoms with Gasteiger partial charge in [0, 0.05) is 23.5 Å². The molecule has 0 aliphatic carbocycles. The summed E-state index contributed by atoms with van der Waals surface area (Å²) in [6.45, 7) is 0.111. The van der Waals surface area contributed by atoms with Crippen LogP contribution in [0.25, 0.3) is 34.3 Å². The fourth-order valence-corrected chi connectivity index (χ4v) is 3.55. The number of aliphatic hydroxyl groups excluding tert-OH is 1. The molecule has 5 aromatic rings. The molecule has 0 bridgehead atoms. The molecule has 0 aliphatic heterocycles. The van der Waals surface area contributed by atoms with Crippen LogP contribution in [0.1, 0.15) is 23.1 Å². The van der Waals surface area contributed by atoms with Gasteiger partial charge in [-0.15, -0.1) is 0 Å². The lowest BCUT2D eigenvalue weighted by atomic mass is 10.1. The van der Waals surface area contributed by atoms with E-state index in [1.54, 1.807) is 24.4 Å². The van der Waals surface area contributed by atoms with E-state index in [1.807, 2.05) is 0 Å². The number of halogens is 3. The molecule has 0 fully saturated rings. The number of hydrogen-bond donors (Lipinski definition) is 3. The molecule has 3 aromatic heterocycles. The van der Waals surface area contributed by atoms with E-state index in [2.05, 4.69) is 30.6 Å². The zero-order valence-corrected chi connectivity index (χ0v) is 18.7. The Kier molecular flexibility index (Phi) is 6.27. The smallest absolute Gasteiger partial charge is 0.378 e. The number of H-pyrrole nitrogens is 1. The first kappa shape index (κ1) is 23.9. The first-order valence-corrected chi connectivity index (χ1v) is 10.8. The summed E-state index contributed by atoms with van der Waals surface area (Å²) >= 11 is 0. The number of alkyl halides is 3. The highest BCUT2D eigenvalue weighted by molar-refractivity contribution is 5.82. The van der Waals surface area contributed by atoms with Crippen LogP contribution in [0.3, 0.4) is 0 Å². The molecule has 10 nitrogen and oxygen atoms in total. The normalized spacial score (nSPS) is 12.4. The number of imidazole rings is 1. The summed E-state index contributed by atoms with van der Waals surface area (Å²) in [6.07, 6.45) is -3.11. The average molecular weight is 510 g/mol. The standard InChI is InChI=1S/C24H17F3N6O4/c25-24(26,27)17-18(13-4-2-1-3-5-13)32-36-20(17)23-31-21(33-37-23)15-8-6-14(7-9-15)19(34)22(35)30-12-16-28-10-11-29-16/h1-11,19,34H,12H2,(H,28,29)(H,30,35). The Morgan fingerprint density at radius 1 is 1.03 bits per heavy atom. The zero-order valence-electron chi connectivity index (χ0n) is 18.7. The van der Waals surface area contributed by atoms with E-state index in [0.29, 0.717) is 11.4 Å². The van der Waals surface area contributed by atoms with E-state index in [1.165, 1.54) is 42.6 Å². The molecule has 0 saturated carbocycles. The predicted octanol–water partition coefficient (Wildman–Crippen LogP) is 4.15. The second kappa shape index (κ2) is 9.70. The summed E-state index contributed by atoms with van der Waals surface area (Å²) in [5.41, 5.74) is -0.656. The third-order valence-electron chi connectivity index (χ3n) is 5.36. The van der Waals surface area contributed by atoms with Gasteiger partial charge in [-0.2, -0.15) is 18.2 Å². The highest BCUT2D eigenvalue weighted by atomic mass is 19.4. The number of rotatable bonds is 7. The Hall–Kier alpha value is -4.78. The van der Waals surface area contributed by atoms with Gasteiger partial charge in [-0.1, -0.05) is 64.9 Å². The zero-order chi connectivity index (χ0) is 26.0. The van der Waals surface area contributed by atoms with Gasteiger partial charge in [0.1, 0.15) is 17.1 Å². The van der Waals surface area contributed by atoms with Crippen molar-refractivity contribution in [3.63, 3.8) is 0 Å². The monoisotopic (exact) mass is 510 g/mol. The highest BCUT2D eigenvalue weighted by Gasteiger charge is 2.43. The molecule has 0 saturated heterocycles. The minimum atomic E-state index is -4.80. The molecule has 5 rings (SSSR count). The van der Waals surface area contributed by atoms with Gasteiger partial charge in [0.2, 0.25) is 11.6 Å². The third kappa shape index (κ3) is 4.97. The fourth-order valence-electron chi connectivity index (χ4n) is 3.55. The van der Waals surface area contributed by atoms with E-state index in [-0.39, 0.29) is 23.5 Å². The minimum Gasteiger partial charge on any atom is -0.378 e. The van der Waals surface area contributed by atoms with Crippen LogP contribution in [0.4, 0.5) is 13.2 Å². The molecule has 37 heavy (non-hydrogen) atoms. The van der Waals surface area contributed by atoms with Gasteiger partial charge in [-0.05, 0) is 5.56 Å². The first-order chi connectivity index (χ1) is 17.8. The number of nitrogens with zero attached hydrogens (tertiary/aromatic N) is 4. The maximum atomic E-state index is 13.9. The van der Waals surface area contributed by atoms with Crippen LogP contribution in [0, 0.1) is 0 Å². The molecular weight excluding hydrogens is 493 g/mol. The Bertz CT molecular complexity index is 1500. The van der Waals surface area contributed by atoms with E-state index < -0.39 is 41.1 Å². The topological polar surface area (TPSA) is 143 Å². The molecular formula is C24H17F3N6O4. The average Bonchev–Trinajstić information content (AvgIpc) is 3.67. The Morgan fingerprint density at radius 3 is 2.46 bits per heavy atom. The number of benzene rings is 2. The third-order valence-corrected chi connectivity index (χ3v) is 5.36. The number of aromatic nitrogens is 5. The number of carbonyl (C=O) groups excluding carboxylic acids is 1. The SMILES string of the molecule is O=C(NCc1ncc[nH]1)C(O)c1ccc(-c2noc(-c3onc(-c4ccccc4)c3C(F)(F)F)n2)cc1. The maximum absolute atomic E-state index is 13.9. The predicted molar refractivity (Wildman–Crippen MR) is 121 cm³/mol. The Balaban J connectivity index is 1.36. The molecule has 3 heterocycles. The van der Waals surface area contributed by atoms with Crippen LogP contribution in [0.5, 0.6) is 0 Å². The number of amides is 1. The molecule has 0 radical (unpaired) electrons. The fraction of sp³-hybridized carbons (Fsp3) is 0.125. The van der Waals surface area contributed by atoms with Crippen molar-refractivity contribution in [1.82, 2.24) is 30.6 Å². The number of nitrogens with one attached hydrogen (secondary N) is 2. The van der Waals surface area contributed by atoms with Crippen molar-refractivity contribution in [3.8, 4) is 34.3 Å². The summed E-state index contributed by atoms with van der Waals surface area (Å²) in [4.78, 5) is 23.1. The van der Waals surface area contributed by atoms with Gasteiger partial charge in [-0.25, -0.2) is 4.98 Å². The van der Waals surface area contributed by atoms with Crippen LogP contribution >= 0.6 is 0 Å². The molecule has 1 amide bonds. The van der Waals surface area contributed by atoms with E-state index in [9.17, 15) is 23.1 Å². The second-order valence-corrected chi connectivity index (χ2v) is 7.80. The van der Waals surface area contributed by atoms with Gasteiger partial charge >= 0.3 is 6.18 Å². The van der Waals surface area contributed by atoms with Gasteiger partial charge in [0.25, 0.3) is 11.8 Å². The van der Waals surface area contributed by atoms with Gasteiger partial charge in [0.05, 0.1) is 6.54 Å². The number of carbonyl (C=O) groups is 1. The summed E-state index contributed by atoms with van der Waals surface area (Å²) < 4.78 is 51.8. The van der Waals surface area contributed by atoms with Crippen LogP contribution in [0.2, 0.25) is 0 Å². The van der Waals surface area contributed by atoms with Crippen molar-refractivity contribution in [3.05, 3.63) is 83.9 Å². The molecule has 188 valence electrons. The van der Waals surface area contributed by atoms with Gasteiger partial charge in [-0.3, -0.25) is 4.79 Å². The van der Waals surface area contributed by atoms with Gasteiger partial charge < -0.3 is 24.5 Å². The summed E-state index contributed by atoms with van der Waals surface area (Å²) in [5.74, 6) is -1.33. The Labute approximate surface area is 206 Å². The lowest BCUT2D eigenvalue weighted by Crippen LogP contribution is -2.29. The van der Waals surface area contributed by atoms with E-state index in [0.717, 1.165) is 0 Å². The quantitative estimate of drug-likeness (QED) is 0.296. The summed E-state index contributed by atoms with van der Waals surface area (Å²) in [6, 6.07) is 13.7. The van der Waals surface area contributed by atoms with Crippen molar-refractivity contribution in [1.29, 1.82) is 0 Å². The maximum Gasteiger partial charge on any atom is 0.422 e. The molecule has 0 aliphatic rings. The van der Waals surface area contributed by atoms with Crippen LogP contribution in [-0.4, -0.2) is 36.3 Å². The van der Waals surface area contributed by atoms with Crippen molar-refractivity contribution < 1.29 is 32.1 Å². The van der Waals surface area contributed by atoms with Crippen LogP contribution in [0.15, 0.2) is 76.0 Å². The van der Waals surface area contributed by atoms with Crippen LogP contribution < -0.4 is 5.32 Å². The summed E-state index contributed by atoms with van der Waals surface area (Å²) in [7, 11) is 0. The molecule has 0 spiro atoms. The number of aliphatic hydroxyl groups is 1. The second-order valence-electron chi connectivity index (χ2n) is 7.80. The largest absolute Gasteiger partial charge is 0.422 e. The molecule has 13 heteroatoms. The lowest BCUT2D eigenvalue weighted by molar-refractivity contribution is -0.137. The lowest BCUT2D eigenvalue weighted by Gasteiger charge is -2.11. The van der Waals surface area contributed by atoms with Crippen LogP contribution in [-0.2, 0) is 17.5 Å². The minimum absolute atomic E-state index is 0.0240. The van der Waals surface area contributed by atoms with Crippen molar-refractivity contribution in [2.45, 2.75) is 18.8 Å². The van der Waals surface area contributed by atoms with E-state index in [4.69, 9.17) is 9.05 Å². The van der Waals surface area contributed by atoms with Crippen molar-refractivity contribution in [2.75, 3.05) is 0 Å². The summed E-state index contributed by atoms with van der Waals surface area (Å²) in [5, 5.41) is 20.2. The van der Waals surface area contributed by atoms with Gasteiger partial charge in [0.15, 0.2) is 6.10 Å². The van der Waals surface area contributed by atoms with Crippen molar-refractivity contribution >= 4 is 5.91 Å². The highest BCUT2D eigenvalue weighted by Crippen LogP contribution is 2.43. The molecule has 1 atom stereocenters. The first-order valence-electron chi connectivity index (χ1n) is 10.8. The molecule has 1 unspecified atom stereocenters. The molecule has 3 N–H and O–H groups in total.